The highest BCUT2D eigenvalue weighted by atomic mass is 32.2. The average Bonchev–Trinajstić information content (AvgIpc) is 3.11. The summed E-state index contributed by atoms with van der Waals surface area (Å²) < 4.78 is 24.3. The van der Waals surface area contributed by atoms with Crippen LogP contribution in [0.2, 0.25) is 0 Å². The maximum Gasteiger partial charge on any atom is 0.226 e. The summed E-state index contributed by atoms with van der Waals surface area (Å²) in [6.07, 6.45) is 3.52. The first-order valence-electron chi connectivity index (χ1n) is 7.94. The average molecular weight is 387 g/mol. The standard InChI is InChI=1S/C18H17N3O3S2/c22-17(20-9-10-26(23,24)16-6-2-1-3-7-16)11-15-13-25-18(21-15)14-5-4-8-19-12-14/h1-8,12-13H,9-11H2,(H,20,22). The molecule has 0 aliphatic carbocycles. The van der Waals surface area contributed by atoms with Gasteiger partial charge in [0.05, 0.1) is 22.8 Å². The zero-order valence-electron chi connectivity index (χ0n) is 13.8. The molecule has 0 spiro atoms. The zero-order chi connectivity index (χ0) is 18.4. The van der Waals surface area contributed by atoms with Gasteiger partial charge in [0, 0.05) is 29.9 Å². The number of amides is 1. The predicted octanol–water partition coefficient (Wildman–Crippen LogP) is 2.34. The molecule has 0 fully saturated rings. The van der Waals surface area contributed by atoms with E-state index in [0.717, 1.165) is 10.6 Å². The van der Waals surface area contributed by atoms with Gasteiger partial charge < -0.3 is 5.32 Å². The number of aromatic nitrogens is 2. The summed E-state index contributed by atoms with van der Waals surface area (Å²) >= 11 is 1.44. The number of pyridine rings is 1. The Bertz CT molecular complexity index is 971. The third kappa shape index (κ3) is 4.74. The molecular formula is C18H17N3O3S2. The normalized spacial score (nSPS) is 11.2. The molecule has 3 rings (SSSR count). The molecule has 2 heterocycles. The summed E-state index contributed by atoms with van der Waals surface area (Å²) in [7, 11) is -3.40. The van der Waals surface area contributed by atoms with E-state index in [1.54, 1.807) is 42.7 Å². The smallest absolute Gasteiger partial charge is 0.226 e. The Kier molecular flexibility index (Phi) is 5.75. The van der Waals surface area contributed by atoms with Crippen molar-refractivity contribution in [3.63, 3.8) is 0 Å². The molecule has 0 saturated heterocycles. The summed E-state index contributed by atoms with van der Waals surface area (Å²) in [5, 5.41) is 5.26. The summed E-state index contributed by atoms with van der Waals surface area (Å²) in [5.74, 6) is -0.392. The highest BCUT2D eigenvalue weighted by molar-refractivity contribution is 7.91. The summed E-state index contributed by atoms with van der Waals surface area (Å²) in [5.41, 5.74) is 1.55. The van der Waals surface area contributed by atoms with Gasteiger partial charge in [0.15, 0.2) is 9.84 Å². The Hall–Kier alpha value is -2.58. The van der Waals surface area contributed by atoms with Crippen LogP contribution in [0.4, 0.5) is 0 Å². The minimum Gasteiger partial charge on any atom is -0.355 e. The van der Waals surface area contributed by atoms with E-state index < -0.39 is 9.84 Å². The van der Waals surface area contributed by atoms with Crippen LogP contribution in [0.5, 0.6) is 0 Å². The lowest BCUT2D eigenvalue weighted by Gasteiger charge is -2.06. The van der Waals surface area contributed by atoms with Gasteiger partial charge in [0.2, 0.25) is 5.91 Å². The molecular weight excluding hydrogens is 370 g/mol. The first kappa shape index (κ1) is 18.2. The van der Waals surface area contributed by atoms with Crippen molar-refractivity contribution in [1.29, 1.82) is 0 Å². The van der Waals surface area contributed by atoms with E-state index in [1.807, 2.05) is 17.5 Å². The third-order valence-corrected chi connectivity index (χ3v) is 6.27. The van der Waals surface area contributed by atoms with Gasteiger partial charge in [0.25, 0.3) is 0 Å². The topological polar surface area (TPSA) is 89.0 Å². The minimum absolute atomic E-state index is 0.0651. The third-order valence-electron chi connectivity index (χ3n) is 3.60. The van der Waals surface area contributed by atoms with Crippen molar-refractivity contribution in [1.82, 2.24) is 15.3 Å². The maximum atomic E-state index is 12.2. The van der Waals surface area contributed by atoms with Gasteiger partial charge in [0.1, 0.15) is 5.01 Å². The molecule has 3 aromatic rings. The second-order valence-electron chi connectivity index (χ2n) is 5.54. The number of sulfone groups is 1. The van der Waals surface area contributed by atoms with Crippen molar-refractivity contribution in [3.8, 4) is 10.6 Å². The van der Waals surface area contributed by atoms with Crippen molar-refractivity contribution in [2.75, 3.05) is 12.3 Å². The van der Waals surface area contributed by atoms with Crippen LogP contribution in [-0.2, 0) is 21.1 Å². The number of nitrogens with zero attached hydrogens (tertiary/aromatic N) is 2. The van der Waals surface area contributed by atoms with Gasteiger partial charge in [-0.05, 0) is 24.3 Å². The molecule has 0 saturated carbocycles. The molecule has 1 aromatic carbocycles. The number of thiazole rings is 1. The van der Waals surface area contributed by atoms with Crippen LogP contribution in [0.3, 0.4) is 0 Å². The fourth-order valence-electron chi connectivity index (χ4n) is 2.31. The lowest BCUT2D eigenvalue weighted by Crippen LogP contribution is -2.30. The molecule has 0 aliphatic rings. The molecule has 6 nitrogen and oxygen atoms in total. The number of carbonyl (C=O) groups excluding carboxylic acids is 1. The van der Waals surface area contributed by atoms with Crippen LogP contribution in [0, 0.1) is 0 Å². The molecule has 0 unspecified atom stereocenters. The van der Waals surface area contributed by atoms with Gasteiger partial charge >= 0.3 is 0 Å². The van der Waals surface area contributed by atoms with Crippen molar-refractivity contribution < 1.29 is 13.2 Å². The van der Waals surface area contributed by atoms with Gasteiger partial charge in [-0.1, -0.05) is 18.2 Å². The largest absolute Gasteiger partial charge is 0.355 e. The maximum absolute atomic E-state index is 12.2. The second-order valence-corrected chi connectivity index (χ2v) is 8.51. The lowest BCUT2D eigenvalue weighted by molar-refractivity contribution is -0.120. The monoisotopic (exact) mass is 387 g/mol. The fraction of sp³-hybridized carbons (Fsp3) is 0.167. The molecule has 26 heavy (non-hydrogen) atoms. The molecule has 0 atom stereocenters. The van der Waals surface area contributed by atoms with Crippen molar-refractivity contribution >= 4 is 27.1 Å². The molecule has 0 aliphatic heterocycles. The van der Waals surface area contributed by atoms with E-state index in [2.05, 4.69) is 15.3 Å². The van der Waals surface area contributed by atoms with E-state index in [4.69, 9.17) is 0 Å². The number of carbonyl (C=O) groups is 1. The fourth-order valence-corrected chi connectivity index (χ4v) is 4.30. The number of hydrogen-bond donors (Lipinski definition) is 1. The number of rotatable bonds is 7. The molecule has 0 radical (unpaired) electrons. The van der Waals surface area contributed by atoms with Crippen LogP contribution in [0.1, 0.15) is 5.69 Å². The minimum atomic E-state index is -3.40. The Morgan fingerprint density at radius 1 is 1.12 bits per heavy atom. The summed E-state index contributed by atoms with van der Waals surface area (Å²) in [4.78, 5) is 20.8. The summed E-state index contributed by atoms with van der Waals surface area (Å²) in [6, 6.07) is 11.9. The van der Waals surface area contributed by atoms with Crippen molar-refractivity contribution in [2.24, 2.45) is 0 Å². The SMILES string of the molecule is O=C(Cc1csc(-c2cccnc2)n1)NCCS(=O)(=O)c1ccccc1. The van der Waals surface area contributed by atoms with Crippen LogP contribution >= 0.6 is 11.3 Å². The molecule has 2 aromatic heterocycles. The molecule has 8 heteroatoms. The van der Waals surface area contributed by atoms with E-state index in [9.17, 15) is 13.2 Å². The quantitative estimate of drug-likeness (QED) is 0.672. The number of hydrogen-bond acceptors (Lipinski definition) is 6. The van der Waals surface area contributed by atoms with E-state index in [-0.39, 0.29) is 29.5 Å². The highest BCUT2D eigenvalue weighted by Crippen LogP contribution is 2.22. The number of nitrogens with one attached hydrogen (secondary N) is 1. The number of benzene rings is 1. The van der Waals surface area contributed by atoms with Gasteiger partial charge in [-0.3, -0.25) is 9.78 Å². The van der Waals surface area contributed by atoms with Crippen LogP contribution in [0.25, 0.3) is 10.6 Å². The van der Waals surface area contributed by atoms with Crippen LogP contribution in [0.15, 0.2) is 65.1 Å². The van der Waals surface area contributed by atoms with Gasteiger partial charge in [-0.25, -0.2) is 13.4 Å². The molecule has 0 bridgehead atoms. The van der Waals surface area contributed by atoms with Crippen molar-refractivity contribution in [3.05, 3.63) is 65.9 Å². The Morgan fingerprint density at radius 2 is 1.92 bits per heavy atom. The molecule has 134 valence electrons. The van der Waals surface area contributed by atoms with Gasteiger partial charge in [-0.2, -0.15) is 0 Å². The second kappa shape index (κ2) is 8.20. The van der Waals surface area contributed by atoms with E-state index >= 15 is 0 Å². The molecule has 1 N–H and O–H groups in total. The molecule has 1 amide bonds. The van der Waals surface area contributed by atoms with E-state index in [0.29, 0.717) is 5.69 Å². The van der Waals surface area contributed by atoms with Gasteiger partial charge in [-0.15, -0.1) is 11.3 Å². The van der Waals surface area contributed by atoms with Crippen LogP contribution in [-0.4, -0.2) is 36.6 Å². The van der Waals surface area contributed by atoms with E-state index in [1.165, 1.54) is 11.3 Å². The first-order chi connectivity index (χ1) is 12.5. The van der Waals surface area contributed by atoms with Crippen molar-refractivity contribution in [2.45, 2.75) is 11.3 Å². The Morgan fingerprint density at radius 3 is 2.65 bits per heavy atom. The lowest BCUT2D eigenvalue weighted by atomic mass is 10.3. The Labute approximate surface area is 155 Å². The zero-order valence-corrected chi connectivity index (χ0v) is 15.5. The highest BCUT2D eigenvalue weighted by Gasteiger charge is 2.14. The Balaban J connectivity index is 1.51. The van der Waals surface area contributed by atoms with Crippen LogP contribution < -0.4 is 5.32 Å². The predicted molar refractivity (Wildman–Crippen MR) is 101 cm³/mol. The summed E-state index contributed by atoms with van der Waals surface area (Å²) in [6.45, 7) is 0.0651. The first-order valence-corrected chi connectivity index (χ1v) is 10.5.